The van der Waals surface area contributed by atoms with E-state index in [0.29, 0.717) is 0 Å². The van der Waals surface area contributed by atoms with Crippen molar-refractivity contribution >= 4 is 0 Å². The minimum atomic E-state index is 1.21. The van der Waals surface area contributed by atoms with Crippen LogP contribution in [0.4, 0.5) is 0 Å². The van der Waals surface area contributed by atoms with Gasteiger partial charge in [0.05, 0.1) is 0 Å². The summed E-state index contributed by atoms with van der Waals surface area (Å²) in [5.74, 6) is 0. The average molecular weight is 254 g/mol. The van der Waals surface area contributed by atoms with E-state index < -0.39 is 0 Å². The molecule has 2 rings (SSSR count). The Labute approximate surface area is 118 Å². The molecule has 0 aliphatic carbocycles. The van der Waals surface area contributed by atoms with Crippen molar-refractivity contribution in [1.82, 2.24) is 0 Å². The van der Waals surface area contributed by atoms with Gasteiger partial charge in [0.1, 0.15) is 0 Å². The predicted molar refractivity (Wildman–Crippen MR) is 85.8 cm³/mol. The molecule has 0 radical (unpaired) electrons. The Bertz CT molecular complexity index is 468. The molecule has 0 N–H and O–H groups in total. The van der Waals surface area contributed by atoms with E-state index in [4.69, 9.17) is 0 Å². The molecule has 0 heteroatoms. The normalized spacial score (nSPS) is 9.74. The van der Waals surface area contributed by atoms with E-state index in [1.54, 1.807) is 0 Å². The first kappa shape index (κ1) is 15.5. The Morgan fingerprint density at radius 1 is 0.684 bits per heavy atom. The molecule has 0 unspecified atom stereocenters. The van der Waals surface area contributed by atoms with E-state index in [9.17, 15) is 0 Å². The Kier molecular flexibility index (Phi) is 6.35. The van der Waals surface area contributed by atoms with E-state index >= 15 is 0 Å². The van der Waals surface area contributed by atoms with Gasteiger partial charge in [-0.25, -0.2) is 0 Å². The summed E-state index contributed by atoms with van der Waals surface area (Å²) in [6, 6.07) is 14.9. The molecule has 0 spiro atoms. The van der Waals surface area contributed by atoms with Gasteiger partial charge >= 0.3 is 0 Å². The van der Waals surface area contributed by atoms with E-state index in [2.05, 4.69) is 77.1 Å². The van der Waals surface area contributed by atoms with Crippen molar-refractivity contribution in [1.29, 1.82) is 0 Å². The van der Waals surface area contributed by atoms with Crippen LogP contribution in [-0.4, -0.2) is 0 Å². The molecule has 0 aliphatic heterocycles. The average Bonchev–Trinajstić information content (AvgIpc) is 2.43. The Balaban J connectivity index is 0.000000191. The molecular formula is C19H26. The van der Waals surface area contributed by atoms with Gasteiger partial charge in [0.15, 0.2) is 0 Å². The Hall–Kier alpha value is -1.56. The first-order valence-electron chi connectivity index (χ1n) is 7.13. The Morgan fingerprint density at radius 3 is 1.58 bits per heavy atom. The molecule has 0 saturated heterocycles. The molecule has 0 bridgehead atoms. The van der Waals surface area contributed by atoms with Gasteiger partial charge in [0.2, 0.25) is 0 Å². The van der Waals surface area contributed by atoms with Crippen molar-refractivity contribution in [2.24, 2.45) is 0 Å². The molecule has 0 saturated carbocycles. The van der Waals surface area contributed by atoms with Crippen LogP contribution in [0.5, 0.6) is 0 Å². The standard InChI is InChI=1S/C10H14.C9H12/c1-7-5-6-8(2)10(4)9(7)3;1-2-6-9-7-4-3-5-8-9/h5-6H,1-4H3;3-5,7-8H,2,6H2,1H3. The third-order valence-corrected chi connectivity index (χ3v) is 3.71. The van der Waals surface area contributed by atoms with Gasteiger partial charge in [0.25, 0.3) is 0 Å². The van der Waals surface area contributed by atoms with Crippen LogP contribution in [0.15, 0.2) is 42.5 Å². The highest BCUT2D eigenvalue weighted by Gasteiger charge is 1.97. The molecule has 102 valence electrons. The largest absolute Gasteiger partial charge is 0.0651 e. The summed E-state index contributed by atoms with van der Waals surface area (Å²) in [5.41, 5.74) is 7.09. The van der Waals surface area contributed by atoms with Gasteiger partial charge in [-0.15, -0.1) is 0 Å². The van der Waals surface area contributed by atoms with E-state index in [-0.39, 0.29) is 0 Å². The molecule has 0 fully saturated rings. The second kappa shape index (κ2) is 7.78. The number of benzene rings is 2. The molecule has 19 heavy (non-hydrogen) atoms. The van der Waals surface area contributed by atoms with Crippen LogP contribution in [0.2, 0.25) is 0 Å². The highest BCUT2D eigenvalue weighted by molar-refractivity contribution is 5.37. The lowest BCUT2D eigenvalue weighted by molar-refractivity contribution is 0.922. The molecule has 2 aromatic rings. The van der Waals surface area contributed by atoms with Crippen molar-refractivity contribution < 1.29 is 0 Å². The van der Waals surface area contributed by atoms with Crippen molar-refractivity contribution in [2.45, 2.75) is 47.5 Å². The zero-order valence-corrected chi connectivity index (χ0v) is 13.0. The van der Waals surface area contributed by atoms with Gasteiger partial charge < -0.3 is 0 Å². The second-order valence-corrected chi connectivity index (χ2v) is 5.18. The maximum Gasteiger partial charge on any atom is -0.0281 e. The highest BCUT2D eigenvalue weighted by Crippen LogP contribution is 2.15. The number of hydrogen-bond donors (Lipinski definition) is 0. The van der Waals surface area contributed by atoms with Crippen LogP contribution in [-0.2, 0) is 6.42 Å². The summed E-state index contributed by atoms with van der Waals surface area (Å²) in [7, 11) is 0. The lowest BCUT2D eigenvalue weighted by Crippen LogP contribution is -1.88. The van der Waals surface area contributed by atoms with E-state index in [1.807, 2.05) is 0 Å². The third-order valence-electron chi connectivity index (χ3n) is 3.71. The molecule has 0 heterocycles. The van der Waals surface area contributed by atoms with Crippen LogP contribution in [0.3, 0.4) is 0 Å². The number of hydrogen-bond acceptors (Lipinski definition) is 0. The van der Waals surface area contributed by atoms with Crippen molar-refractivity contribution in [3.8, 4) is 0 Å². The fourth-order valence-electron chi connectivity index (χ4n) is 2.02. The summed E-state index contributed by atoms with van der Waals surface area (Å²) < 4.78 is 0. The van der Waals surface area contributed by atoms with Crippen molar-refractivity contribution in [3.05, 3.63) is 70.3 Å². The molecule has 0 aromatic heterocycles. The highest BCUT2D eigenvalue weighted by atomic mass is 14.0. The van der Waals surface area contributed by atoms with E-state index in [0.717, 1.165) is 0 Å². The number of rotatable bonds is 2. The molecule has 0 aliphatic rings. The fourth-order valence-corrected chi connectivity index (χ4v) is 2.02. The van der Waals surface area contributed by atoms with Gasteiger partial charge in [-0.3, -0.25) is 0 Å². The predicted octanol–water partition coefficient (Wildman–Crippen LogP) is 5.56. The third kappa shape index (κ3) is 4.90. The molecule has 0 atom stereocenters. The van der Waals surface area contributed by atoms with Crippen molar-refractivity contribution in [3.63, 3.8) is 0 Å². The quantitative estimate of drug-likeness (QED) is 0.658. The van der Waals surface area contributed by atoms with Crippen LogP contribution in [0.25, 0.3) is 0 Å². The van der Waals surface area contributed by atoms with Crippen LogP contribution in [0.1, 0.15) is 41.2 Å². The monoisotopic (exact) mass is 254 g/mol. The van der Waals surface area contributed by atoms with Gasteiger partial charge in [-0.2, -0.15) is 0 Å². The van der Waals surface area contributed by atoms with Gasteiger partial charge in [-0.05, 0) is 61.9 Å². The number of aryl methyl sites for hydroxylation is 3. The first-order chi connectivity index (χ1) is 9.06. The lowest BCUT2D eigenvalue weighted by atomic mass is 10.0. The molecule has 0 amide bonds. The summed E-state index contributed by atoms with van der Waals surface area (Å²) >= 11 is 0. The fraction of sp³-hybridized carbons (Fsp3) is 0.368. The van der Waals surface area contributed by atoms with Crippen molar-refractivity contribution in [2.75, 3.05) is 0 Å². The minimum absolute atomic E-state index is 1.21. The van der Waals surface area contributed by atoms with Gasteiger partial charge in [-0.1, -0.05) is 55.8 Å². The van der Waals surface area contributed by atoms with E-state index in [1.165, 1.54) is 40.7 Å². The smallest absolute Gasteiger partial charge is 0.0281 e. The first-order valence-corrected chi connectivity index (χ1v) is 7.13. The SMILES string of the molecule is CCCc1ccccc1.Cc1ccc(C)c(C)c1C. The zero-order chi connectivity index (χ0) is 14.3. The second-order valence-electron chi connectivity index (χ2n) is 5.18. The van der Waals surface area contributed by atoms with Gasteiger partial charge in [0, 0.05) is 0 Å². The van der Waals surface area contributed by atoms with Crippen LogP contribution < -0.4 is 0 Å². The molecular weight excluding hydrogens is 228 g/mol. The minimum Gasteiger partial charge on any atom is -0.0651 e. The maximum absolute atomic E-state index is 2.20. The zero-order valence-electron chi connectivity index (χ0n) is 13.0. The molecule has 2 aromatic carbocycles. The summed E-state index contributed by atoms with van der Waals surface area (Å²) in [4.78, 5) is 0. The summed E-state index contributed by atoms with van der Waals surface area (Å²) in [5, 5.41) is 0. The molecule has 0 nitrogen and oxygen atoms in total. The summed E-state index contributed by atoms with van der Waals surface area (Å²) in [6.07, 6.45) is 2.45. The topological polar surface area (TPSA) is 0 Å². The lowest BCUT2D eigenvalue weighted by Gasteiger charge is -2.06. The maximum atomic E-state index is 2.20. The Morgan fingerprint density at radius 2 is 1.16 bits per heavy atom. The van der Waals surface area contributed by atoms with Crippen LogP contribution in [0, 0.1) is 27.7 Å². The van der Waals surface area contributed by atoms with Crippen LogP contribution >= 0.6 is 0 Å². The summed E-state index contributed by atoms with van der Waals surface area (Å²) in [6.45, 7) is 10.9.